The Kier molecular flexibility index (Phi) is 6.13. The van der Waals surface area contributed by atoms with Crippen LogP contribution in [0.2, 0.25) is 30.1 Å². The second-order valence-electron chi connectivity index (χ2n) is 5.27. The zero-order valence-corrected chi connectivity index (χ0v) is 17.6. The third-order valence-corrected chi connectivity index (χ3v) is 5.68. The number of halogens is 6. The molecule has 2 aromatic carbocycles. The summed E-state index contributed by atoms with van der Waals surface area (Å²) in [7, 11) is 1.55. The number of ether oxygens (including phenoxy) is 1. The van der Waals surface area contributed by atoms with E-state index in [2.05, 4.69) is 4.98 Å². The van der Waals surface area contributed by atoms with E-state index in [1.165, 1.54) is 0 Å². The van der Waals surface area contributed by atoms with Crippen molar-refractivity contribution >= 4 is 69.6 Å². The van der Waals surface area contributed by atoms with Crippen LogP contribution in [0.5, 0.6) is 5.75 Å². The van der Waals surface area contributed by atoms with Crippen LogP contribution in [-0.2, 0) is 0 Å². The Labute approximate surface area is 180 Å². The van der Waals surface area contributed by atoms with Crippen molar-refractivity contribution in [3.05, 3.63) is 66.5 Å². The highest BCUT2D eigenvalue weighted by molar-refractivity contribution is 6.44. The van der Waals surface area contributed by atoms with E-state index < -0.39 is 0 Å². The molecule has 0 saturated heterocycles. The van der Waals surface area contributed by atoms with Gasteiger partial charge in [-0.05, 0) is 24.3 Å². The van der Waals surface area contributed by atoms with Gasteiger partial charge < -0.3 is 4.74 Å². The Balaban J connectivity index is 2.23. The lowest BCUT2D eigenvalue weighted by atomic mass is 10.1. The molecule has 8 heteroatoms. The molecule has 0 unspecified atom stereocenters. The average molecular weight is 468 g/mol. The second-order valence-corrected chi connectivity index (χ2v) is 7.71. The van der Waals surface area contributed by atoms with Gasteiger partial charge in [0, 0.05) is 23.3 Å². The van der Waals surface area contributed by atoms with Crippen molar-refractivity contribution in [2.75, 3.05) is 7.11 Å². The molecular weight excluding hydrogens is 459 g/mol. The molecule has 0 aliphatic carbocycles. The summed E-state index contributed by atoms with van der Waals surface area (Å²) in [6.45, 7) is 0. The van der Waals surface area contributed by atoms with Gasteiger partial charge in [-0.15, -0.1) is 0 Å². The van der Waals surface area contributed by atoms with Gasteiger partial charge in [0.05, 0.1) is 48.6 Å². The number of pyridine rings is 1. The zero-order valence-electron chi connectivity index (χ0n) is 13.1. The quantitative estimate of drug-likeness (QED) is 0.361. The maximum absolute atomic E-state index is 6.32. The van der Waals surface area contributed by atoms with Crippen LogP contribution >= 0.6 is 69.6 Å². The molecule has 2 nitrogen and oxygen atoms in total. The van der Waals surface area contributed by atoms with Crippen molar-refractivity contribution in [1.82, 2.24) is 4.98 Å². The van der Waals surface area contributed by atoms with Crippen LogP contribution in [-0.4, -0.2) is 12.1 Å². The maximum atomic E-state index is 6.32. The zero-order chi connectivity index (χ0) is 19.0. The number of aromatic nitrogens is 1. The highest BCUT2D eigenvalue weighted by Crippen LogP contribution is 2.39. The van der Waals surface area contributed by atoms with Crippen molar-refractivity contribution in [1.29, 1.82) is 0 Å². The normalized spacial score (nSPS) is 10.9. The molecule has 26 heavy (non-hydrogen) atoms. The number of benzene rings is 2. The summed E-state index contributed by atoms with van der Waals surface area (Å²) in [5.74, 6) is 0.564. The first-order valence-electron chi connectivity index (χ1n) is 7.16. The highest BCUT2D eigenvalue weighted by atomic mass is 35.5. The lowest BCUT2D eigenvalue weighted by Crippen LogP contribution is -1.94. The fourth-order valence-electron chi connectivity index (χ4n) is 2.34. The first-order chi connectivity index (χ1) is 12.3. The van der Waals surface area contributed by atoms with E-state index in [0.29, 0.717) is 58.4 Å². The summed E-state index contributed by atoms with van der Waals surface area (Å²) in [6.07, 6.45) is 0. The van der Waals surface area contributed by atoms with E-state index in [0.717, 1.165) is 0 Å². The number of rotatable bonds is 3. The van der Waals surface area contributed by atoms with Crippen LogP contribution in [0, 0.1) is 0 Å². The predicted octanol–water partition coefficient (Wildman–Crippen LogP) is 8.34. The standard InChI is InChI=1S/C18H9Cl6NO/c1-26-8-2-17(9-4-13(21)15(23)6-11(9)19)25-18(3-8)10-5-14(22)16(24)7-12(10)20/h2-7H,1H3. The third kappa shape index (κ3) is 4.01. The van der Waals surface area contributed by atoms with Crippen LogP contribution in [0.15, 0.2) is 36.4 Å². The number of methoxy groups -OCH3 is 1. The number of hydrogen-bond acceptors (Lipinski definition) is 2. The molecular formula is C18H9Cl6NO. The van der Waals surface area contributed by atoms with E-state index in [9.17, 15) is 0 Å². The van der Waals surface area contributed by atoms with Crippen molar-refractivity contribution in [3.8, 4) is 28.3 Å². The molecule has 0 fully saturated rings. The molecule has 1 heterocycles. The van der Waals surface area contributed by atoms with Gasteiger partial charge >= 0.3 is 0 Å². The SMILES string of the molecule is COc1cc(-c2cc(Cl)c(Cl)cc2Cl)nc(-c2cc(Cl)c(Cl)cc2Cl)c1. The van der Waals surface area contributed by atoms with Gasteiger partial charge in [-0.1, -0.05) is 69.6 Å². The Morgan fingerprint density at radius 1 is 0.577 bits per heavy atom. The lowest BCUT2D eigenvalue weighted by molar-refractivity contribution is 0.414. The fraction of sp³-hybridized carbons (Fsp3) is 0.0556. The van der Waals surface area contributed by atoms with Gasteiger partial charge in [0.1, 0.15) is 5.75 Å². The topological polar surface area (TPSA) is 22.1 Å². The van der Waals surface area contributed by atoms with Gasteiger partial charge in [0.25, 0.3) is 0 Å². The Morgan fingerprint density at radius 2 is 0.962 bits per heavy atom. The van der Waals surface area contributed by atoms with Gasteiger partial charge in [-0.25, -0.2) is 4.98 Å². The Morgan fingerprint density at radius 3 is 1.35 bits per heavy atom. The number of nitrogens with zero attached hydrogens (tertiary/aromatic N) is 1. The molecule has 3 rings (SSSR count). The summed E-state index contributed by atoms with van der Waals surface area (Å²) < 4.78 is 5.38. The molecule has 0 saturated carbocycles. The van der Waals surface area contributed by atoms with Crippen LogP contribution in [0.4, 0.5) is 0 Å². The first-order valence-corrected chi connectivity index (χ1v) is 9.43. The minimum Gasteiger partial charge on any atom is -0.497 e. The van der Waals surface area contributed by atoms with Gasteiger partial charge in [-0.3, -0.25) is 0 Å². The summed E-state index contributed by atoms with van der Waals surface area (Å²) in [6, 6.07) is 9.89. The molecule has 0 aliphatic heterocycles. The monoisotopic (exact) mass is 465 g/mol. The van der Waals surface area contributed by atoms with E-state index in [1.54, 1.807) is 43.5 Å². The molecule has 0 spiro atoms. The van der Waals surface area contributed by atoms with E-state index in [1.807, 2.05) is 0 Å². The lowest BCUT2D eigenvalue weighted by Gasteiger charge is -2.12. The van der Waals surface area contributed by atoms with Crippen LogP contribution in [0.25, 0.3) is 22.5 Å². The van der Waals surface area contributed by atoms with Crippen molar-refractivity contribution in [2.24, 2.45) is 0 Å². The fourth-order valence-corrected chi connectivity index (χ4v) is 3.62. The molecule has 0 aliphatic rings. The minimum atomic E-state index is 0.357. The third-order valence-electron chi connectivity index (χ3n) is 3.61. The summed E-state index contributed by atoms with van der Waals surface area (Å²) in [4.78, 5) is 4.63. The van der Waals surface area contributed by atoms with Crippen molar-refractivity contribution in [3.63, 3.8) is 0 Å². The summed E-state index contributed by atoms with van der Waals surface area (Å²) in [5, 5.41) is 2.26. The summed E-state index contributed by atoms with van der Waals surface area (Å²) >= 11 is 36.9. The molecule has 134 valence electrons. The van der Waals surface area contributed by atoms with Crippen LogP contribution < -0.4 is 4.74 Å². The minimum absolute atomic E-state index is 0.357. The van der Waals surface area contributed by atoms with Gasteiger partial charge in [-0.2, -0.15) is 0 Å². The molecule has 1 aromatic heterocycles. The molecule has 0 N–H and O–H groups in total. The molecule has 0 radical (unpaired) electrons. The first kappa shape index (κ1) is 19.9. The molecule has 0 amide bonds. The van der Waals surface area contributed by atoms with Crippen LogP contribution in [0.3, 0.4) is 0 Å². The maximum Gasteiger partial charge on any atom is 0.123 e. The molecule has 0 atom stereocenters. The van der Waals surface area contributed by atoms with E-state index in [-0.39, 0.29) is 0 Å². The Hall–Kier alpha value is -0.870. The van der Waals surface area contributed by atoms with Crippen molar-refractivity contribution < 1.29 is 4.74 Å². The van der Waals surface area contributed by atoms with E-state index in [4.69, 9.17) is 74.3 Å². The molecule has 0 bridgehead atoms. The number of hydrogen-bond donors (Lipinski definition) is 0. The largest absolute Gasteiger partial charge is 0.497 e. The van der Waals surface area contributed by atoms with Gasteiger partial charge in [0.15, 0.2) is 0 Å². The second kappa shape index (κ2) is 8.02. The van der Waals surface area contributed by atoms with Crippen molar-refractivity contribution in [2.45, 2.75) is 0 Å². The highest BCUT2D eigenvalue weighted by Gasteiger charge is 2.15. The average Bonchev–Trinajstić information content (AvgIpc) is 2.60. The van der Waals surface area contributed by atoms with E-state index >= 15 is 0 Å². The predicted molar refractivity (Wildman–Crippen MR) is 112 cm³/mol. The summed E-state index contributed by atoms with van der Waals surface area (Å²) in [5.41, 5.74) is 2.31. The Bertz CT molecular complexity index is 930. The van der Waals surface area contributed by atoms with Gasteiger partial charge in [0.2, 0.25) is 0 Å². The van der Waals surface area contributed by atoms with Crippen LogP contribution in [0.1, 0.15) is 0 Å². The molecule has 3 aromatic rings. The smallest absolute Gasteiger partial charge is 0.123 e.